The second-order valence-corrected chi connectivity index (χ2v) is 23.7. The average Bonchev–Trinajstić information content (AvgIpc) is 3.55. The van der Waals surface area contributed by atoms with E-state index in [4.69, 9.17) is 0 Å². The summed E-state index contributed by atoms with van der Waals surface area (Å²) in [6.45, 7) is 47.4. The fraction of sp³-hybridized carbons (Fsp3) is 0.634. The molecule has 1 aromatic heterocycles. The predicted molar refractivity (Wildman–Crippen MR) is 350 cm³/mol. The molecule has 0 aliphatic carbocycles. The standard InChI is InChI=1S/C31H39F3N4O.C15H33N.C14H20O.C9H19NO.C2H6/c1-19(2)37-17-29(34)30(35-6)16-24-7-10-36-21(4)26(24)13-20(3)18-38-11-8-23(9-12-38)31-27(32)14-25(22(5)39)15-28(31)33;1-6-10-15(11-7-2)13-16(12-8-3)14(5)9-4;1-6-12-8-7-10(2)13(9-12)14(4,5)11(3)15;1-5-6-8(4)9(11)10-7(2)3;1-2/h7,10,13-17,19,23,35,37H,8-9,11-12,18H2,1-6H3;14-15H,6-13H2,1-5H3;7-9H,6H2,1-5H3;7-8H,5-6H2,1-4H3,(H,10,11);1-2H3/b20-13+,29-17+,30-16+;;;;. The normalized spacial score (nSPS) is 14.1. The van der Waals surface area contributed by atoms with E-state index in [-0.39, 0.29) is 63.8 Å². The van der Waals surface area contributed by atoms with Crippen LogP contribution in [-0.2, 0) is 21.4 Å². The van der Waals surface area contributed by atoms with Crippen LogP contribution in [0.3, 0.4) is 0 Å². The van der Waals surface area contributed by atoms with Gasteiger partial charge in [-0.15, -0.1) is 0 Å². The summed E-state index contributed by atoms with van der Waals surface area (Å²) in [7, 11) is 1.68. The molecule has 1 aliphatic rings. The van der Waals surface area contributed by atoms with Crippen LogP contribution in [0, 0.1) is 37.3 Å². The van der Waals surface area contributed by atoms with E-state index in [1.165, 1.54) is 75.9 Å². The summed E-state index contributed by atoms with van der Waals surface area (Å²) in [5.74, 6) is -0.760. The van der Waals surface area contributed by atoms with Crippen LogP contribution < -0.4 is 16.0 Å². The van der Waals surface area contributed by atoms with Gasteiger partial charge in [0.1, 0.15) is 17.4 Å². The Morgan fingerprint density at radius 2 is 1.39 bits per heavy atom. The van der Waals surface area contributed by atoms with Crippen LogP contribution in [0.1, 0.15) is 251 Å². The Labute approximate surface area is 505 Å². The van der Waals surface area contributed by atoms with Gasteiger partial charge in [0.05, 0.1) is 5.70 Å². The smallest absolute Gasteiger partial charge is 0.223 e. The number of nitrogens with zero attached hydrogens (tertiary/aromatic N) is 3. The number of pyridine rings is 1. The van der Waals surface area contributed by atoms with Gasteiger partial charge in [-0.1, -0.05) is 111 Å². The zero-order chi connectivity index (χ0) is 63.6. The number of carbonyl (C=O) groups is 3. The second kappa shape index (κ2) is 41.9. The van der Waals surface area contributed by atoms with Gasteiger partial charge >= 0.3 is 0 Å². The van der Waals surface area contributed by atoms with Crippen LogP contribution in [0.2, 0.25) is 0 Å². The molecule has 0 spiro atoms. The van der Waals surface area contributed by atoms with Crippen molar-refractivity contribution in [3.63, 3.8) is 0 Å². The van der Waals surface area contributed by atoms with Gasteiger partial charge in [0.2, 0.25) is 5.91 Å². The Kier molecular flexibility index (Phi) is 39.3. The molecule has 4 rings (SSSR count). The molecule has 2 aromatic carbocycles. The van der Waals surface area contributed by atoms with E-state index < -0.39 is 11.6 Å². The number of benzene rings is 2. The molecule has 1 aliphatic heterocycles. The maximum atomic E-state index is 14.7. The maximum absolute atomic E-state index is 14.7. The highest BCUT2D eigenvalue weighted by atomic mass is 19.1. The van der Waals surface area contributed by atoms with E-state index in [0.717, 1.165) is 71.3 Å². The highest BCUT2D eigenvalue weighted by Gasteiger charge is 2.29. The van der Waals surface area contributed by atoms with Gasteiger partial charge in [-0.3, -0.25) is 24.3 Å². The Balaban J connectivity index is 0.00000125. The largest absolute Gasteiger partial charge is 0.386 e. The molecule has 3 aromatic rings. The van der Waals surface area contributed by atoms with E-state index in [2.05, 4.69) is 110 Å². The number of hydrogen-bond acceptors (Lipinski definition) is 8. The molecule has 1 saturated heterocycles. The van der Waals surface area contributed by atoms with Crippen molar-refractivity contribution in [2.45, 2.75) is 245 Å². The van der Waals surface area contributed by atoms with Gasteiger partial charge < -0.3 is 20.9 Å². The number of piperidine rings is 1. The summed E-state index contributed by atoms with van der Waals surface area (Å²) >= 11 is 0. The number of likely N-dealkylation sites (tertiary alicyclic amines) is 1. The lowest BCUT2D eigenvalue weighted by Gasteiger charge is -2.32. The minimum Gasteiger partial charge on any atom is -0.386 e. The van der Waals surface area contributed by atoms with Crippen LogP contribution in [-0.4, -0.2) is 90.2 Å². The first-order valence-electron chi connectivity index (χ1n) is 31.7. The quantitative estimate of drug-likeness (QED) is 0.0512. The molecule has 12 heteroatoms. The first-order chi connectivity index (χ1) is 39.1. The SMILES string of the molecule is CC.CCCC(C)C(=O)NC(C)C.CCCC(CCC)CN(CCC)C(C)CC.CCc1ccc(C)c(C(C)(C)C(C)=O)c1.CNC(=C/c1ccnc(C)c1/C=C(\C)CN1CCC(c2c(F)cc(C(C)=O)cc2F)CC1)/C(F)=C\NC(C)C. The maximum Gasteiger partial charge on any atom is 0.223 e. The number of aryl methyl sites for hydroxylation is 3. The molecular weight excluding hydrogens is 1040 g/mol. The average molecular weight is 1160 g/mol. The van der Waals surface area contributed by atoms with Crippen molar-refractivity contribution in [3.05, 3.63) is 122 Å². The molecule has 9 nitrogen and oxygen atoms in total. The summed E-state index contributed by atoms with van der Waals surface area (Å²) in [5, 5.41) is 8.79. The number of amides is 1. The van der Waals surface area contributed by atoms with Crippen molar-refractivity contribution in [3.8, 4) is 0 Å². The van der Waals surface area contributed by atoms with E-state index in [0.29, 0.717) is 38.2 Å². The molecule has 0 radical (unpaired) electrons. The third-order valence-electron chi connectivity index (χ3n) is 15.4. The van der Waals surface area contributed by atoms with Gasteiger partial charge in [0, 0.05) is 84.4 Å². The predicted octanol–water partition coefficient (Wildman–Crippen LogP) is 17.6. The molecule has 2 heterocycles. The number of Topliss-reactive ketones (excluding diaryl/α,β-unsaturated/α-hetero) is 2. The highest BCUT2D eigenvalue weighted by Crippen LogP contribution is 2.34. The van der Waals surface area contributed by atoms with Gasteiger partial charge in [-0.25, -0.2) is 13.2 Å². The monoisotopic (exact) mass is 1160 g/mol. The van der Waals surface area contributed by atoms with E-state index in [1.54, 1.807) is 26.2 Å². The fourth-order valence-electron chi connectivity index (χ4n) is 10.1. The van der Waals surface area contributed by atoms with Crippen LogP contribution >= 0.6 is 0 Å². The minimum atomic E-state index is -0.644. The van der Waals surface area contributed by atoms with E-state index in [1.807, 2.05) is 82.2 Å². The summed E-state index contributed by atoms with van der Waals surface area (Å²) in [6.07, 6.45) is 19.3. The lowest BCUT2D eigenvalue weighted by molar-refractivity contribution is -0.125. The summed E-state index contributed by atoms with van der Waals surface area (Å²) in [5.41, 5.74) is 7.49. The third-order valence-corrected chi connectivity index (χ3v) is 15.4. The fourth-order valence-corrected chi connectivity index (χ4v) is 10.1. The van der Waals surface area contributed by atoms with E-state index >= 15 is 0 Å². The zero-order valence-electron chi connectivity index (χ0n) is 56.3. The van der Waals surface area contributed by atoms with Crippen molar-refractivity contribution < 1.29 is 27.6 Å². The van der Waals surface area contributed by atoms with Crippen molar-refractivity contribution in [1.82, 2.24) is 30.7 Å². The molecule has 3 N–H and O–H groups in total. The number of carbonyl (C=O) groups excluding carboxylic acids is 3. The molecule has 83 heavy (non-hydrogen) atoms. The number of aromatic nitrogens is 1. The zero-order valence-corrected chi connectivity index (χ0v) is 56.3. The van der Waals surface area contributed by atoms with Crippen molar-refractivity contribution in [2.24, 2.45) is 11.8 Å². The van der Waals surface area contributed by atoms with Crippen molar-refractivity contribution in [2.75, 3.05) is 39.8 Å². The number of ketones is 2. The third kappa shape index (κ3) is 28.6. The van der Waals surface area contributed by atoms with Crippen LogP contribution in [0.15, 0.2) is 65.9 Å². The van der Waals surface area contributed by atoms with Gasteiger partial charge in [-0.2, -0.15) is 0 Å². The summed E-state index contributed by atoms with van der Waals surface area (Å²) < 4.78 is 44.1. The molecule has 1 amide bonds. The van der Waals surface area contributed by atoms with Gasteiger partial charge in [0.15, 0.2) is 11.6 Å². The number of allylic oxidation sites excluding steroid dienone is 1. The number of nitrogens with one attached hydrogen (secondary N) is 3. The molecule has 0 saturated carbocycles. The number of rotatable bonds is 27. The van der Waals surface area contributed by atoms with Gasteiger partial charge in [0.25, 0.3) is 0 Å². The molecule has 0 bridgehead atoms. The van der Waals surface area contributed by atoms with Crippen LogP contribution in [0.5, 0.6) is 0 Å². The lowest BCUT2D eigenvalue weighted by Crippen LogP contribution is -2.37. The second-order valence-electron chi connectivity index (χ2n) is 23.7. The minimum absolute atomic E-state index is 0.0553. The first kappa shape index (κ1) is 77.9. The van der Waals surface area contributed by atoms with Crippen molar-refractivity contribution >= 4 is 29.6 Å². The number of likely N-dealkylation sites (N-methyl/N-ethyl adjacent to an activating group) is 1. The number of hydrogen-bond donors (Lipinski definition) is 3. The Morgan fingerprint density at radius 1 is 0.807 bits per heavy atom. The molecule has 2 atom stereocenters. The Hall–Kier alpha value is -5.07. The summed E-state index contributed by atoms with van der Waals surface area (Å²) in [4.78, 5) is 43.8. The Bertz CT molecular complexity index is 2430. The first-order valence-corrected chi connectivity index (χ1v) is 31.7. The van der Waals surface area contributed by atoms with E-state index in [9.17, 15) is 27.6 Å². The van der Waals surface area contributed by atoms with Crippen molar-refractivity contribution in [1.29, 1.82) is 0 Å². The number of halogens is 3. The molecular formula is C71H117F3N6O3. The topological polar surface area (TPSA) is 107 Å². The Morgan fingerprint density at radius 3 is 1.86 bits per heavy atom. The molecule has 1 fully saturated rings. The molecule has 2 unspecified atom stereocenters. The van der Waals surface area contributed by atoms with Gasteiger partial charge in [-0.05, 0) is 212 Å². The van der Waals surface area contributed by atoms with Crippen LogP contribution in [0.25, 0.3) is 12.2 Å². The molecule has 470 valence electrons. The lowest BCUT2D eigenvalue weighted by atomic mass is 9.78. The van der Waals surface area contributed by atoms with Crippen LogP contribution in [0.4, 0.5) is 13.2 Å². The highest BCUT2D eigenvalue weighted by molar-refractivity contribution is 5.94. The summed E-state index contributed by atoms with van der Waals surface area (Å²) in [6, 6.07) is 11.7.